The molecule has 1 amide bonds. The Labute approximate surface area is 269 Å². The highest BCUT2D eigenvalue weighted by molar-refractivity contribution is 7.96. The van der Waals surface area contributed by atoms with Crippen molar-refractivity contribution in [2.45, 2.75) is 26.0 Å². The Bertz CT molecular complexity index is 1520. The SMILES string of the molecule is C=CCOC(=O)O[C@@H](C)[C@H]1C(=O)N(C(C(=O)OCC=C)=P(c2ccccc2)(c2ccccc2)c2ccccc2)[C@@H]1[C@@H](C)C(=O)CO. The molecular formula is C36H38NO8P. The number of aliphatic hydroxyl groups is 1. The molecule has 240 valence electrons. The van der Waals surface area contributed by atoms with E-state index in [9.17, 15) is 24.3 Å². The third kappa shape index (κ3) is 6.62. The van der Waals surface area contributed by atoms with Gasteiger partial charge in [0.2, 0.25) is 5.91 Å². The molecule has 0 radical (unpaired) electrons. The van der Waals surface area contributed by atoms with Crippen molar-refractivity contribution in [1.29, 1.82) is 0 Å². The summed E-state index contributed by atoms with van der Waals surface area (Å²) in [6, 6.07) is 27.3. The maximum atomic E-state index is 14.5. The zero-order valence-electron chi connectivity index (χ0n) is 25.9. The topological polar surface area (TPSA) is 119 Å². The van der Waals surface area contributed by atoms with Crippen molar-refractivity contribution in [2.24, 2.45) is 11.8 Å². The number of nitrogens with zero attached hydrogens (tertiary/aromatic N) is 1. The van der Waals surface area contributed by atoms with Gasteiger partial charge in [-0.1, -0.05) is 123 Å². The molecule has 0 saturated carbocycles. The Balaban J connectivity index is 2.10. The minimum absolute atomic E-state index is 0.0585. The highest BCUT2D eigenvalue weighted by Gasteiger charge is 2.59. The third-order valence-electron chi connectivity index (χ3n) is 7.96. The Morgan fingerprint density at radius 1 is 0.826 bits per heavy atom. The molecule has 1 heterocycles. The number of hydrogen-bond acceptors (Lipinski definition) is 8. The lowest BCUT2D eigenvalue weighted by Crippen LogP contribution is -2.71. The highest BCUT2D eigenvalue weighted by atomic mass is 31.2. The Kier molecular flexibility index (Phi) is 11.5. The van der Waals surface area contributed by atoms with Crippen LogP contribution in [0.15, 0.2) is 116 Å². The second kappa shape index (κ2) is 15.5. The molecule has 0 unspecified atom stereocenters. The predicted octanol–water partition coefficient (Wildman–Crippen LogP) is 3.59. The number of rotatable bonds is 14. The van der Waals surface area contributed by atoms with E-state index in [4.69, 9.17) is 14.2 Å². The zero-order chi connectivity index (χ0) is 33.3. The number of likely N-dealkylation sites (tertiary alicyclic amines) is 1. The zero-order valence-corrected chi connectivity index (χ0v) is 26.8. The number of benzene rings is 3. The number of carbonyl (C=O) groups excluding carboxylic acids is 4. The van der Waals surface area contributed by atoms with Crippen LogP contribution in [0.2, 0.25) is 0 Å². The van der Waals surface area contributed by atoms with Gasteiger partial charge < -0.3 is 24.2 Å². The second-order valence-corrected chi connectivity index (χ2v) is 14.0. The van der Waals surface area contributed by atoms with Gasteiger partial charge in [-0.2, -0.15) is 0 Å². The second-order valence-electron chi connectivity index (χ2n) is 10.7. The molecular weight excluding hydrogens is 605 g/mol. The van der Waals surface area contributed by atoms with E-state index in [0.29, 0.717) is 0 Å². The van der Waals surface area contributed by atoms with Crippen molar-refractivity contribution in [3.05, 3.63) is 116 Å². The summed E-state index contributed by atoms with van der Waals surface area (Å²) in [6.07, 6.45) is 0.767. The lowest BCUT2D eigenvalue weighted by Gasteiger charge is -2.52. The first-order valence-electron chi connectivity index (χ1n) is 14.9. The molecule has 46 heavy (non-hydrogen) atoms. The molecule has 3 aromatic rings. The number of esters is 1. The first-order valence-corrected chi connectivity index (χ1v) is 16.6. The molecule has 1 aliphatic rings. The van der Waals surface area contributed by atoms with E-state index in [0.717, 1.165) is 15.9 Å². The average molecular weight is 644 g/mol. The van der Waals surface area contributed by atoms with Crippen molar-refractivity contribution in [1.82, 2.24) is 4.90 Å². The smallest absolute Gasteiger partial charge is 0.457 e. The van der Waals surface area contributed by atoms with E-state index in [-0.39, 0.29) is 18.6 Å². The molecule has 1 saturated heterocycles. The maximum Gasteiger partial charge on any atom is 0.508 e. The summed E-state index contributed by atoms with van der Waals surface area (Å²) in [5.74, 6) is -3.83. The Morgan fingerprint density at radius 2 is 1.28 bits per heavy atom. The van der Waals surface area contributed by atoms with Crippen molar-refractivity contribution in [3.8, 4) is 0 Å². The van der Waals surface area contributed by atoms with Gasteiger partial charge in [0.25, 0.3) is 0 Å². The molecule has 0 aliphatic carbocycles. The van der Waals surface area contributed by atoms with E-state index in [1.54, 1.807) is 6.92 Å². The van der Waals surface area contributed by atoms with Crippen molar-refractivity contribution in [2.75, 3.05) is 19.8 Å². The van der Waals surface area contributed by atoms with Gasteiger partial charge in [-0.25, -0.2) is 9.59 Å². The molecule has 3 aromatic carbocycles. The lowest BCUT2D eigenvalue weighted by atomic mass is 9.75. The molecule has 4 rings (SSSR count). The van der Waals surface area contributed by atoms with Crippen LogP contribution in [0.5, 0.6) is 0 Å². The molecule has 0 bridgehead atoms. The molecule has 0 spiro atoms. The molecule has 1 aliphatic heterocycles. The number of ketones is 1. The van der Waals surface area contributed by atoms with Crippen LogP contribution in [0, 0.1) is 11.8 Å². The number of hydrogen-bond donors (Lipinski definition) is 1. The standard InChI is InChI=1S/C36H38NO8P/c1-5-22-43-35(41)34(37-32(25(3)30(39)24-38)31(33(37)40)26(4)45-36(42)44-23-6-2)46(27-16-10-7-11-17-27,28-18-12-8-13-19-28)29-20-14-9-15-21-29/h5-21,25-26,31-32,38H,1-2,22-24H2,3-4H3/t25-,26-,31+,32+/m0/s1. The maximum absolute atomic E-state index is 14.5. The summed E-state index contributed by atoms with van der Waals surface area (Å²) in [5.41, 5.74) is 0.0585. The van der Waals surface area contributed by atoms with Crippen LogP contribution in [0.25, 0.3) is 0 Å². The van der Waals surface area contributed by atoms with Gasteiger partial charge in [0.1, 0.15) is 31.3 Å². The molecule has 1 fully saturated rings. The van der Waals surface area contributed by atoms with Crippen LogP contribution in [0.4, 0.5) is 4.79 Å². The fraction of sp³-hybridized carbons (Fsp3) is 0.250. The van der Waals surface area contributed by atoms with Gasteiger partial charge in [-0.3, -0.25) is 9.59 Å². The van der Waals surface area contributed by atoms with E-state index in [1.807, 2.05) is 91.0 Å². The van der Waals surface area contributed by atoms with E-state index in [2.05, 4.69) is 13.2 Å². The summed E-state index contributed by atoms with van der Waals surface area (Å²) in [6.45, 7) is 6.07. The van der Waals surface area contributed by atoms with Gasteiger partial charge in [-0.15, -0.1) is 0 Å². The molecule has 4 atom stereocenters. The van der Waals surface area contributed by atoms with Crippen molar-refractivity contribution in [3.63, 3.8) is 0 Å². The average Bonchev–Trinajstić information content (AvgIpc) is 3.09. The van der Waals surface area contributed by atoms with Gasteiger partial charge in [-0.05, 0) is 22.8 Å². The minimum Gasteiger partial charge on any atom is -0.457 e. The Morgan fingerprint density at radius 3 is 1.72 bits per heavy atom. The van der Waals surface area contributed by atoms with E-state index >= 15 is 0 Å². The van der Waals surface area contributed by atoms with Crippen LogP contribution in [-0.4, -0.2) is 71.2 Å². The lowest BCUT2D eigenvalue weighted by molar-refractivity contribution is -0.163. The van der Waals surface area contributed by atoms with Gasteiger partial charge in [0.15, 0.2) is 5.78 Å². The summed E-state index contributed by atoms with van der Waals surface area (Å²) in [4.78, 5) is 55.8. The minimum atomic E-state index is -3.24. The molecule has 1 N–H and O–H groups in total. The summed E-state index contributed by atoms with van der Waals surface area (Å²) in [7, 11) is 0. The van der Waals surface area contributed by atoms with Crippen LogP contribution in [-0.2, 0) is 28.6 Å². The van der Waals surface area contributed by atoms with Crippen LogP contribution in [0.1, 0.15) is 13.8 Å². The quantitative estimate of drug-likeness (QED) is 0.123. The Hall–Kier alpha value is -4.72. The normalized spacial score (nSPS) is 17.1. The first-order chi connectivity index (χ1) is 22.2. The van der Waals surface area contributed by atoms with E-state index in [1.165, 1.54) is 24.0 Å². The fourth-order valence-corrected chi connectivity index (χ4v) is 10.3. The third-order valence-corrected chi connectivity index (χ3v) is 12.2. The number of aliphatic hydroxyl groups excluding tert-OH is 1. The van der Waals surface area contributed by atoms with Crippen molar-refractivity contribution < 1.29 is 38.5 Å². The summed E-state index contributed by atoms with van der Waals surface area (Å²) in [5, 5.41) is 12.2. The number of carbonyl (C=O) groups is 4. The number of ether oxygens (including phenoxy) is 3. The van der Waals surface area contributed by atoms with Gasteiger partial charge in [0.05, 0.1) is 12.0 Å². The van der Waals surface area contributed by atoms with Crippen LogP contribution < -0.4 is 15.9 Å². The van der Waals surface area contributed by atoms with Gasteiger partial charge >= 0.3 is 12.1 Å². The number of Topliss-reactive ketones (excluding diaryl/α,β-unsaturated/α-hetero) is 1. The molecule has 0 aromatic heterocycles. The first kappa shape index (κ1) is 34.2. The summed E-state index contributed by atoms with van der Waals surface area (Å²) >= 11 is 0. The molecule has 10 heteroatoms. The van der Waals surface area contributed by atoms with Crippen LogP contribution in [0.3, 0.4) is 0 Å². The van der Waals surface area contributed by atoms with E-state index < -0.39 is 61.3 Å². The molecule has 9 nitrogen and oxygen atoms in total. The summed E-state index contributed by atoms with van der Waals surface area (Å²) < 4.78 is 16.2. The number of amides is 1. The van der Waals surface area contributed by atoms with Crippen molar-refractivity contribution >= 4 is 52.0 Å². The fourth-order valence-electron chi connectivity index (χ4n) is 5.88. The van der Waals surface area contributed by atoms with Crippen LogP contribution >= 0.6 is 6.89 Å². The number of β-lactam (4-membered cyclic amide) rings is 1. The monoisotopic (exact) mass is 643 g/mol. The highest BCUT2D eigenvalue weighted by Crippen LogP contribution is 2.50. The largest absolute Gasteiger partial charge is 0.508 e. The predicted molar refractivity (Wildman–Crippen MR) is 179 cm³/mol. The van der Waals surface area contributed by atoms with Gasteiger partial charge in [0, 0.05) is 12.8 Å².